The zero-order chi connectivity index (χ0) is 9.76. The maximum Gasteiger partial charge on any atom is 0.305 e. The Kier molecular flexibility index (Phi) is 1.69. The van der Waals surface area contributed by atoms with Crippen molar-refractivity contribution in [2.45, 2.75) is 50.1 Å². The quantitative estimate of drug-likeness (QED) is 0.712. The van der Waals surface area contributed by atoms with Crippen molar-refractivity contribution in [2.24, 2.45) is 11.8 Å². The minimum Gasteiger partial charge on any atom is -0.481 e. The van der Waals surface area contributed by atoms with Crippen LogP contribution in [-0.4, -0.2) is 22.7 Å². The van der Waals surface area contributed by atoms with Gasteiger partial charge in [0.25, 0.3) is 0 Å². The standard InChI is InChI=1S/C11H17NO2/c13-10(14)6-11(12-8-1-2-8)4-3-7-5-9(7)11/h7-9,12H,1-6H2,(H,13,14). The number of aliphatic carboxylic acids is 1. The second kappa shape index (κ2) is 2.72. The SMILES string of the molecule is O=C(O)CC1(NC2CC2)CCC2CC21. The highest BCUT2D eigenvalue weighted by atomic mass is 16.4. The predicted molar refractivity (Wildman–Crippen MR) is 52.0 cm³/mol. The summed E-state index contributed by atoms with van der Waals surface area (Å²) in [6, 6.07) is 0.633. The summed E-state index contributed by atoms with van der Waals surface area (Å²) in [4.78, 5) is 10.9. The van der Waals surface area contributed by atoms with Crippen LogP contribution in [0.25, 0.3) is 0 Å². The van der Waals surface area contributed by atoms with Crippen molar-refractivity contribution in [1.82, 2.24) is 5.32 Å². The van der Waals surface area contributed by atoms with Crippen LogP contribution in [0.2, 0.25) is 0 Å². The molecule has 3 saturated carbocycles. The fourth-order valence-corrected chi connectivity index (χ4v) is 3.23. The number of carboxylic acids is 1. The summed E-state index contributed by atoms with van der Waals surface area (Å²) >= 11 is 0. The molecule has 3 rings (SSSR count). The third-order valence-electron chi connectivity index (χ3n) is 4.13. The number of fused-ring (bicyclic) bond motifs is 1. The Morgan fingerprint density at radius 3 is 2.64 bits per heavy atom. The normalized spacial score (nSPS) is 44.9. The molecule has 0 saturated heterocycles. The highest BCUT2D eigenvalue weighted by Crippen LogP contribution is 2.59. The summed E-state index contributed by atoms with van der Waals surface area (Å²) in [7, 11) is 0. The van der Waals surface area contributed by atoms with E-state index in [4.69, 9.17) is 5.11 Å². The minimum atomic E-state index is -0.634. The van der Waals surface area contributed by atoms with Crippen molar-refractivity contribution in [2.75, 3.05) is 0 Å². The van der Waals surface area contributed by atoms with Gasteiger partial charge in [-0.2, -0.15) is 0 Å². The maximum absolute atomic E-state index is 10.9. The average molecular weight is 195 g/mol. The zero-order valence-electron chi connectivity index (χ0n) is 8.33. The van der Waals surface area contributed by atoms with Gasteiger partial charge < -0.3 is 10.4 Å². The first-order valence-electron chi connectivity index (χ1n) is 5.69. The van der Waals surface area contributed by atoms with E-state index < -0.39 is 5.97 Å². The van der Waals surface area contributed by atoms with E-state index in [2.05, 4.69) is 5.32 Å². The lowest BCUT2D eigenvalue weighted by atomic mass is 9.89. The number of hydrogen-bond donors (Lipinski definition) is 2. The summed E-state index contributed by atoms with van der Waals surface area (Å²) < 4.78 is 0. The lowest BCUT2D eigenvalue weighted by Gasteiger charge is -2.31. The van der Waals surface area contributed by atoms with Gasteiger partial charge in [0.2, 0.25) is 0 Å². The Hall–Kier alpha value is -0.570. The molecular weight excluding hydrogens is 178 g/mol. The Labute approximate surface area is 83.9 Å². The van der Waals surface area contributed by atoms with E-state index in [0.717, 1.165) is 12.3 Å². The number of carboxylic acid groups (broad SMARTS) is 1. The van der Waals surface area contributed by atoms with Gasteiger partial charge in [0, 0.05) is 11.6 Å². The molecule has 0 aromatic rings. The van der Waals surface area contributed by atoms with Gasteiger partial charge >= 0.3 is 5.97 Å². The molecule has 3 aliphatic rings. The Bertz CT molecular complexity index is 274. The molecule has 0 spiro atoms. The summed E-state index contributed by atoms with van der Waals surface area (Å²) in [5.41, 5.74) is -0.0162. The molecule has 3 atom stereocenters. The molecule has 78 valence electrons. The van der Waals surface area contributed by atoms with Crippen molar-refractivity contribution in [3.05, 3.63) is 0 Å². The molecule has 3 fully saturated rings. The van der Waals surface area contributed by atoms with E-state index in [1.807, 2.05) is 0 Å². The molecule has 0 aromatic heterocycles. The van der Waals surface area contributed by atoms with Crippen LogP contribution in [0.15, 0.2) is 0 Å². The lowest BCUT2D eigenvalue weighted by Crippen LogP contribution is -2.48. The fraction of sp³-hybridized carbons (Fsp3) is 0.909. The molecule has 0 bridgehead atoms. The molecule has 0 amide bonds. The Morgan fingerprint density at radius 1 is 1.43 bits per heavy atom. The number of carbonyl (C=O) groups is 1. The molecular formula is C11H17NO2. The van der Waals surface area contributed by atoms with Gasteiger partial charge in [0.15, 0.2) is 0 Å². The van der Waals surface area contributed by atoms with Gasteiger partial charge in [-0.1, -0.05) is 0 Å². The van der Waals surface area contributed by atoms with E-state index in [-0.39, 0.29) is 5.54 Å². The van der Waals surface area contributed by atoms with E-state index in [1.54, 1.807) is 0 Å². The summed E-state index contributed by atoms with van der Waals surface area (Å²) in [5, 5.41) is 12.6. The maximum atomic E-state index is 10.9. The highest BCUT2D eigenvalue weighted by Gasteiger charge is 2.59. The molecule has 3 heteroatoms. The first-order chi connectivity index (χ1) is 6.70. The molecule has 0 aliphatic heterocycles. The van der Waals surface area contributed by atoms with Crippen molar-refractivity contribution >= 4 is 5.97 Å². The van der Waals surface area contributed by atoms with Crippen LogP contribution in [0.3, 0.4) is 0 Å². The van der Waals surface area contributed by atoms with Gasteiger partial charge in [-0.3, -0.25) is 4.79 Å². The average Bonchev–Trinajstić information content (AvgIpc) is 2.91. The smallest absolute Gasteiger partial charge is 0.305 e. The van der Waals surface area contributed by atoms with Gasteiger partial charge in [-0.25, -0.2) is 0 Å². The number of hydrogen-bond acceptors (Lipinski definition) is 2. The third-order valence-corrected chi connectivity index (χ3v) is 4.13. The first-order valence-corrected chi connectivity index (χ1v) is 5.69. The van der Waals surface area contributed by atoms with Crippen LogP contribution in [0.5, 0.6) is 0 Å². The third kappa shape index (κ3) is 1.34. The van der Waals surface area contributed by atoms with Crippen molar-refractivity contribution in [3.8, 4) is 0 Å². The molecule has 0 aromatic carbocycles. The van der Waals surface area contributed by atoms with Gasteiger partial charge in [0.05, 0.1) is 6.42 Å². The van der Waals surface area contributed by atoms with Crippen molar-refractivity contribution in [3.63, 3.8) is 0 Å². The summed E-state index contributed by atoms with van der Waals surface area (Å²) in [6.07, 6.45) is 6.44. The van der Waals surface area contributed by atoms with Gasteiger partial charge in [-0.15, -0.1) is 0 Å². The molecule has 3 nitrogen and oxygen atoms in total. The first kappa shape index (κ1) is 8.72. The monoisotopic (exact) mass is 195 g/mol. The van der Waals surface area contributed by atoms with Crippen LogP contribution < -0.4 is 5.32 Å². The second-order valence-corrected chi connectivity index (χ2v) is 5.29. The lowest BCUT2D eigenvalue weighted by molar-refractivity contribution is -0.139. The topological polar surface area (TPSA) is 49.3 Å². The van der Waals surface area contributed by atoms with Crippen LogP contribution in [0.1, 0.15) is 38.5 Å². The van der Waals surface area contributed by atoms with Crippen LogP contribution in [0, 0.1) is 11.8 Å². The number of rotatable bonds is 4. The van der Waals surface area contributed by atoms with Crippen LogP contribution >= 0.6 is 0 Å². The van der Waals surface area contributed by atoms with Crippen molar-refractivity contribution < 1.29 is 9.90 Å². The van der Waals surface area contributed by atoms with Crippen LogP contribution in [0.4, 0.5) is 0 Å². The second-order valence-electron chi connectivity index (χ2n) is 5.29. The number of nitrogens with one attached hydrogen (secondary N) is 1. The van der Waals surface area contributed by atoms with Gasteiger partial charge in [0.1, 0.15) is 0 Å². The van der Waals surface area contributed by atoms with Crippen molar-refractivity contribution in [1.29, 1.82) is 0 Å². The molecule has 0 heterocycles. The predicted octanol–water partition coefficient (Wildman–Crippen LogP) is 1.38. The fourth-order valence-electron chi connectivity index (χ4n) is 3.23. The molecule has 0 radical (unpaired) electrons. The molecule has 3 unspecified atom stereocenters. The molecule has 2 N–H and O–H groups in total. The summed E-state index contributed by atoms with van der Waals surface area (Å²) in [5.74, 6) is 0.894. The highest BCUT2D eigenvalue weighted by molar-refractivity contribution is 5.69. The summed E-state index contributed by atoms with van der Waals surface area (Å²) in [6.45, 7) is 0. The largest absolute Gasteiger partial charge is 0.481 e. The van der Waals surface area contributed by atoms with Gasteiger partial charge in [-0.05, 0) is 43.9 Å². The van der Waals surface area contributed by atoms with Crippen LogP contribution in [-0.2, 0) is 4.79 Å². The molecule has 14 heavy (non-hydrogen) atoms. The van der Waals surface area contributed by atoms with E-state index >= 15 is 0 Å². The Morgan fingerprint density at radius 2 is 2.21 bits per heavy atom. The van der Waals surface area contributed by atoms with E-state index in [0.29, 0.717) is 18.4 Å². The molecule has 3 aliphatic carbocycles. The minimum absolute atomic E-state index is 0.0162. The van der Waals surface area contributed by atoms with E-state index in [9.17, 15) is 4.79 Å². The Balaban J connectivity index is 1.74. The zero-order valence-corrected chi connectivity index (χ0v) is 8.33. The van der Waals surface area contributed by atoms with E-state index in [1.165, 1.54) is 25.7 Å².